The molecule has 3 nitrogen and oxygen atoms in total. The van der Waals surface area contributed by atoms with Gasteiger partial charge in [-0.05, 0) is 17.2 Å². The highest BCUT2D eigenvalue weighted by Gasteiger charge is 2.47. The van der Waals surface area contributed by atoms with Crippen molar-refractivity contribution in [3.05, 3.63) is 24.3 Å². The van der Waals surface area contributed by atoms with Crippen molar-refractivity contribution in [3.8, 4) is 0 Å². The number of benzene rings is 1. The van der Waals surface area contributed by atoms with Crippen molar-refractivity contribution >= 4 is 35.8 Å². The molecule has 0 unspecified atom stereocenters. The molecule has 0 saturated heterocycles. The summed E-state index contributed by atoms with van der Waals surface area (Å²) in [7, 11) is -1.63. The van der Waals surface area contributed by atoms with E-state index in [1.165, 1.54) is 5.69 Å². The van der Waals surface area contributed by atoms with Gasteiger partial charge in [0.25, 0.3) is 0 Å². The molecule has 1 N–H and O–H groups in total. The zero-order chi connectivity index (χ0) is 12.8. The van der Waals surface area contributed by atoms with E-state index in [1.807, 2.05) is 0 Å². The van der Waals surface area contributed by atoms with Crippen LogP contribution in [0.15, 0.2) is 24.3 Å². The van der Waals surface area contributed by atoms with E-state index in [2.05, 4.69) is 88.5 Å². The van der Waals surface area contributed by atoms with Crippen LogP contribution in [0.5, 0.6) is 0 Å². The van der Waals surface area contributed by atoms with Crippen LogP contribution in [0.4, 0.5) is 11.4 Å². The van der Waals surface area contributed by atoms with E-state index < -0.39 is 8.24 Å². The Kier molecular flexibility index (Phi) is 3.04. The number of para-hydroxylation sites is 2. The van der Waals surface area contributed by atoms with Gasteiger partial charge in [0.05, 0.1) is 27.5 Å². The van der Waals surface area contributed by atoms with E-state index in [1.54, 1.807) is 0 Å². The first-order chi connectivity index (χ1) is 7.75. The van der Waals surface area contributed by atoms with E-state index in [4.69, 9.17) is 0 Å². The van der Waals surface area contributed by atoms with Gasteiger partial charge in [-0.15, -0.1) is 0 Å². The topological polar surface area (TPSA) is 18.5 Å². The third-order valence-corrected chi connectivity index (χ3v) is 9.90. The summed E-state index contributed by atoms with van der Waals surface area (Å²) in [5.74, 6) is 0. The first kappa shape index (κ1) is 12.9. The van der Waals surface area contributed by atoms with Crippen LogP contribution >= 0.6 is 16.1 Å². The summed E-state index contributed by atoms with van der Waals surface area (Å²) < 4.78 is 2.07. The lowest BCUT2D eigenvalue weighted by molar-refractivity contribution is 0.520. The van der Waals surface area contributed by atoms with E-state index in [9.17, 15) is 0 Å². The summed E-state index contributed by atoms with van der Waals surface area (Å²) in [5.41, 5.74) is 5.84. The van der Waals surface area contributed by atoms with Gasteiger partial charge >= 0.3 is 0 Å². The molecule has 0 saturated carbocycles. The van der Waals surface area contributed by atoms with Crippen LogP contribution in [0.2, 0.25) is 18.1 Å². The first-order valence-corrected chi connectivity index (χ1v) is 9.52. The minimum absolute atomic E-state index is 0.286. The summed E-state index contributed by atoms with van der Waals surface area (Å²) in [4.78, 5) is 2.28. The minimum atomic E-state index is -1.63. The summed E-state index contributed by atoms with van der Waals surface area (Å²) in [6.45, 7) is 11.7. The highest BCUT2D eigenvalue weighted by Crippen LogP contribution is 2.45. The van der Waals surface area contributed by atoms with Crippen LogP contribution in [-0.2, 0) is 0 Å². The number of halogens is 1. The Hall–Kier alpha value is -0.523. The van der Waals surface area contributed by atoms with Crippen LogP contribution in [0.25, 0.3) is 0 Å². The van der Waals surface area contributed by atoms with Crippen molar-refractivity contribution in [2.75, 3.05) is 9.46 Å². The molecule has 0 fully saturated rings. The molecular weight excluding hydrogens is 294 g/mol. The maximum Gasteiger partial charge on any atom is 0.181 e. The van der Waals surface area contributed by atoms with E-state index in [0.29, 0.717) is 0 Å². The van der Waals surface area contributed by atoms with Crippen molar-refractivity contribution in [1.29, 1.82) is 0 Å². The number of hydrazine groups is 2. The van der Waals surface area contributed by atoms with Crippen LogP contribution < -0.4 is 9.46 Å². The van der Waals surface area contributed by atoms with E-state index in [0.717, 1.165) is 5.69 Å². The molecular formula is C12H20BrN3Si. The second-order valence-corrected chi connectivity index (χ2v) is 11.7. The molecule has 0 radical (unpaired) electrons. The SMILES string of the molecule is CC(C)(C)[Si](C)(C)N1Nc2ccccc2N1Br. The highest BCUT2D eigenvalue weighted by atomic mass is 79.9. The molecule has 17 heavy (non-hydrogen) atoms. The zero-order valence-electron chi connectivity index (χ0n) is 11.1. The van der Waals surface area contributed by atoms with E-state index >= 15 is 0 Å². The predicted molar refractivity (Wildman–Crippen MR) is 80.5 cm³/mol. The molecule has 1 heterocycles. The Morgan fingerprint density at radius 2 is 1.76 bits per heavy atom. The van der Waals surface area contributed by atoms with Crippen LogP contribution in [0, 0.1) is 0 Å². The Balaban J connectivity index is 2.35. The molecule has 94 valence electrons. The van der Waals surface area contributed by atoms with Crippen molar-refractivity contribution in [2.24, 2.45) is 0 Å². The molecule has 1 aliphatic rings. The fraction of sp³-hybridized carbons (Fsp3) is 0.500. The Morgan fingerprint density at radius 1 is 1.18 bits per heavy atom. The van der Waals surface area contributed by atoms with Crippen molar-refractivity contribution in [1.82, 2.24) is 4.78 Å². The lowest BCUT2D eigenvalue weighted by Crippen LogP contribution is -2.59. The largest absolute Gasteiger partial charge is 0.305 e. The Morgan fingerprint density at radius 3 is 2.29 bits per heavy atom. The quantitative estimate of drug-likeness (QED) is 0.613. The third-order valence-electron chi connectivity index (χ3n) is 3.87. The van der Waals surface area contributed by atoms with Gasteiger partial charge in [-0.25, -0.2) is 4.03 Å². The van der Waals surface area contributed by atoms with Gasteiger partial charge in [0.15, 0.2) is 8.24 Å². The van der Waals surface area contributed by atoms with E-state index in [-0.39, 0.29) is 5.04 Å². The molecule has 1 aromatic rings. The second kappa shape index (κ2) is 4.00. The van der Waals surface area contributed by atoms with Gasteiger partial charge in [-0.1, -0.05) is 46.0 Å². The molecule has 0 atom stereocenters. The lowest BCUT2D eigenvalue weighted by Gasteiger charge is -2.45. The molecule has 1 aliphatic heterocycles. The van der Waals surface area contributed by atoms with Gasteiger partial charge in [-0.2, -0.15) is 4.78 Å². The van der Waals surface area contributed by atoms with Gasteiger partial charge in [-0.3, -0.25) is 0 Å². The number of fused-ring (bicyclic) bond motifs is 1. The smallest absolute Gasteiger partial charge is 0.181 e. The lowest BCUT2D eigenvalue weighted by atomic mass is 10.2. The van der Waals surface area contributed by atoms with Crippen molar-refractivity contribution in [3.63, 3.8) is 0 Å². The summed E-state index contributed by atoms with van der Waals surface area (Å²) in [6.07, 6.45) is 0. The van der Waals surface area contributed by atoms with Gasteiger partial charge < -0.3 is 5.43 Å². The van der Waals surface area contributed by atoms with Gasteiger partial charge in [0.1, 0.15) is 0 Å². The molecule has 2 rings (SSSR count). The molecule has 0 bridgehead atoms. The zero-order valence-corrected chi connectivity index (χ0v) is 13.7. The monoisotopic (exact) mass is 313 g/mol. The molecule has 0 aliphatic carbocycles. The fourth-order valence-electron chi connectivity index (χ4n) is 1.67. The Labute approximate surface area is 113 Å². The number of nitrogens with one attached hydrogen (secondary N) is 1. The summed E-state index contributed by atoms with van der Waals surface area (Å²) in [5, 5.41) is 0.286. The van der Waals surface area contributed by atoms with Gasteiger partial charge in [0, 0.05) is 0 Å². The van der Waals surface area contributed by atoms with Crippen LogP contribution in [0.3, 0.4) is 0 Å². The minimum Gasteiger partial charge on any atom is -0.305 e. The fourth-order valence-corrected chi connectivity index (χ4v) is 4.83. The molecule has 0 spiro atoms. The van der Waals surface area contributed by atoms with Crippen molar-refractivity contribution in [2.45, 2.75) is 38.9 Å². The average Bonchev–Trinajstić information content (AvgIpc) is 2.56. The van der Waals surface area contributed by atoms with Crippen molar-refractivity contribution < 1.29 is 0 Å². The number of hydrogen-bond acceptors (Lipinski definition) is 3. The normalized spacial score (nSPS) is 16.9. The number of anilines is 2. The summed E-state index contributed by atoms with van der Waals surface area (Å²) >= 11 is 3.66. The van der Waals surface area contributed by atoms with Gasteiger partial charge in [0.2, 0.25) is 0 Å². The molecule has 5 heteroatoms. The standard InChI is InChI=1S/C12H20BrN3Si/c1-12(2,3)17(4,5)16-14-10-8-6-7-9-11(10)15(16)13/h6-9,14H,1-5H3. The van der Waals surface area contributed by atoms with Crippen LogP contribution in [-0.4, -0.2) is 13.0 Å². The maximum atomic E-state index is 3.66. The molecule has 0 aromatic heterocycles. The maximum absolute atomic E-state index is 3.66. The second-order valence-electron chi connectivity index (χ2n) is 6.01. The molecule has 0 amide bonds. The summed E-state index contributed by atoms with van der Waals surface area (Å²) in [6, 6.07) is 8.34. The number of rotatable bonds is 1. The Bertz CT molecular complexity index is 428. The third kappa shape index (κ3) is 2.00. The predicted octanol–water partition coefficient (Wildman–Crippen LogP) is 4.37. The average molecular weight is 314 g/mol. The molecule has 1 aromatic carbocycles. The number of hydrogen-bond donors (Lipinski definition) is 1. The first-order valence-electron chi connectivity index (χ1n) is 5.87. The van der Waals surface area contributed by atoms with Crippen LogP contribution in [0.1, 0.15) is 20.8 Å². The number of nitrogens with zero attached hydrogens (tertiary/aromatic N) is 2. The highest BCUT2D eigenvalue weighted by molar-refractivity contribution is 9.10.